The third-order valence-electron chi connectivity index (χ3n) is 3.65. The molecule has 136 valence electrons. The van der Waals surface area contributed by atoms with Gasteiger partial charge in [-0.25, -0.2) is 4.79 Å². The second-order valence-corrected chi connectivity index (χ2v) is 5.66. The predicted octanol–water partition coefficient (Wildman–Crippen LogP) is 2.24. The summed E-state index contributed by atoms with van der Waals surface area (Å²) in [5, 5.41) is 13.2. The number of ether oxygens (including phenoxy) is 1. The Kier molecular flexibility index (Phi) is 5.51. The van der Waals surface area contributed by atoms with Crippen LogP contribution in [0.5, 0.6) is 0 Å². The molecule has 0 aliphatic carbocycles. The first-order valence-electron chi connectivity index (χ1n) is 7.58. The first-order chi connectivity index (χ1) is 12.2. The SMILES string of the molecule is CC(=O)c1cc(C(=O)OCC(=O)Nc2ccc([N+](=O)[O-])cc2C)n(C)c1. The van der Waals surface area contributed by atoms with Gasteiger partial charge in [0.2, 0.25) is 0 Å². The van der Waals surface area contributed by atoms with Crippen LogP contribution in [0.15, 0.2) is 30.5 Å². The molecule has 0 aliphatic rings. The number of amides is 1. The second kappa shape index (κ2) is 7.60. The van der Waals surface area contributed by atoms with Gasteiger partial charge in [-0.3, -0.25) is 19.7 Å². The van der Waals surface area contributed by atoms with Gasteiger partial charge >= 0.3 is 5.97 Å². The van der Waals surface area contributed by atoms with Gasteiger partial charge in [-0.1, -0.05) is 0 Å². The van der Waals surface area contributed by atoms with E-state index in [0.29, 0.717) is 16.8 Å². The molecular weight excluding hydrogens is 342 g/mol. The molecule has 2 aromatic rings. The van der Waals surface area contributed by atoms with Gasteiger partial charge in [0.15, 0.2) is 12.4 Å². The number of aromatic nitrogens is 1. The van der Waals surface area contributed by atoms with Crippen LogP contribution in [-0.4, -0.2) is 33.8 Å². The number of nitro benzene ring substituents is 1. The van der Waals surface area contributed by atoms with Crippen molar-refractivity contribution in [3.05, 3.63) is 57.4 Å². The Labute approximate surface area is 148 Å². The minimum Gasteiger partial charge on any atom is -0.451 e. The van der Waals surface area contributed by atoms with E-state index in [0.717, 1.165) is 0 Å². The van der Waals surface area contributed by atoms with E-state index in [4.69, 9.17) is 4.74 Å². The van der Waals surface area contributed by atoms with Crippen LogP contribution in [0.3, 0.4) is 0 Å². The molecule has 0 saturated carbocycles. The van der Waals surface area contributed by atoms with E-state index in [1.807, 2.05) is 0 Å². The molecular formula is C17H17N3O6. The lowest BCUT2D eigenvalue weighted by Crippen LogP contribution is -2.22. The van der Waals surface area contributed by atoms with Crippen LogP contribution < -0.4 is 5.32 Å². The van der Waals surface area contributed by atoms with Gasteiger partial charge in [-0.2, -0.15) is 0 Å². The molecule has 1 aromatic carbocycles. The van der Waals surface area contributed by atoms with Crippen molar-refractivity contribution < 1.29 is 24.0 Å². The number of esters is 1. The minimum absolute atomic E-state index is 0.0862. The molecule has 0 atom stereocenters. The molecule has 0 spiro atoms. The summed E-state index contributed by atoms with van der Waals surface area (Å²) < 4.78 is 6.39. The zero-order valence-corrected chi connectivity index (χ0v) is 14.4. The quantitative estimate of drug-likeness (QED) is 0.365. The van der Waals surface area contributed by atoms with Gasteiger partial charge in [-0.15, -0.1) is 0 Å². The van der Waals surface area contributed by atoms with Crippen molar-refractivity contribution in [2.75, 3.05) is 11.9 Å². The van der Waals surface area contributed by atoms with Crippen molar-refractivity contribution in [1.82, 2.24) is 4.57 Å². The fraction of sp³-hybridized carbons (Fsp3) is 0.235. The smallest absolute Gasteiger partial charge is 0.355 e. The number of anilines is 1. The maximum Gasteiger partial charge on any atom is 0.355 e. The lowest BCUT2D eigenvalue weighted by atomic mass is 10.2. The Morgan fingerprint density at radius 1 is 1.27 bits per heavy atom. The molecule has 26 heavy (non-hydrogen) atoms. The van der Waals surface area contributed by atoms with Crippen LogP contribution in [0.25, 0.3) is 0 Å². The molecule has 9 heteroatoms. The van der Waals surface area contributed by atoms with Crippen molar-refractivity contribution in [3.63, 3.8) is 0 Å². The number of Topliss-reactive ketones (excluding diaryl/α,β-unsaturated/α-hetero) is 1. The first kappa shape index (κ1) is 18.8. The molecule has 1 amide bonds. The molecule has 1 aromatic heterocycles. The fourth-order valence-electron chi connectivity index (χ4n) is 2.25. The fourth-order valence-corrected chi connectivity index (χ4v) is 2.25. The van der Waals surface area contributed by atoms with E-state index in [9.17, 15) is 24.5 Å². The summed E-state index contributed by atoms with van der Waals surface area (Å²) in [5.41, 5.74) is 1.32. The van der Waals surface area contributed by atoms with E-state index < -0.39 is 23.4 Å². The average molecular weight is 359 g/mol. The molecule has 1 heterocycles. The highest BCUT2D eigenvalue weighted by Gasteiger charge is 2.17. The molecule has 0 bridgehead atoms. The molecule has 0 fully saturated rings. The number of carbonyl (C=O) groups excluding carboxylic acids is 3. The topological polar surface area (TPSA) is 121 Å². The molecule has 1 N–H and O–H groups in total. The summed E-state index contributed by atoms with van der Waals surface area (Å²) in [4.78, 5) is 45.5. The standard InChI is InChI=1S/C17H17N3O6/c1-10-6-13(20(24)25)4-5-14(10)18-16(22)9-26-17(23)15-7-12(11(2)21)8-19(15)3/h4-8H,9H2,1-3H3,(H,18,22). The van der Waals surface area contributed by atoms with Crippen LogP contribution in [0.1, 0.15) is 33.3 Å². The van der Waals surface area contributed by atoms with Gasteiger partial charge in [0, 0.05) is 36.6 Å². The van der Waals surface area contributed by atoms with Gasteiger partial charge in [-0.05, 0) is 31.5 Å². The molecule has 0 radical (unpaired) electrons. The number of hydrogen-bond acceptors (Lipinski definition) is 6. The van der Waals surface area contributed by atoms with Gasteiger partial charge in [0.05, 0.1) is 4.92 Å². The summed E-state index contributed by atoms with van der Waals surface area (Å²) >= 11 is 0. The highest BCUT2D eigenvalue weighted by Crippen LogP contribution is 2.21. The number of non-ortho nitro benzene ring substituents is 1. The maximum atomic E-state index is 12.0. The lowest BCUT2D eigenvalue weighted by Gasteiger charge is -2.09. The average Bonchev–Trinajstić information content (AvgIpc) is 2.96. The van der Waals surface area contributed by atoms with Crippen molar-refractivity contribution in [1.29, 1.82) is 0 Å². The van der Waals surface area contributed by atoms with Crippen LogP contribution in [0.4, 0.5) is 11.4 Å². The van der Waals surface area contributed by atoms with Crippen LogP contribution in [-0.2, 0) is 16.6 Å². The van der Waals surface area contributed by atoms with E-state index in [-0.39, 0.29) is 17.2 Å². The summed E-state index contributed by atoms with van der Waals surface area (Å²) in [5.74, 6) is -1.52. The Balaban J connectivity index is 1.97. The zero-order valence-electron chi connectivity index (χ0n) is 14.4. The Morgan fingerprint density at radius 2 is 1.96 bits per heavy atom. The highest BCUT2D eigenvalue weighted by atomic mass is 16.6. The third-order valence-corrected chi connectivity index (χ3v) is 3.65. The van der Waals surface area contributed by atoms with Crippen molar-refractivity contribution in [2.45, 2.75) is 13.8 Å². The Morgan fingerprint density at radius 3 is 2.50 bits per heavy atom. The summed E-state index contributed by atoms with van der Waals surface area (Å²) in [6, 6.07) is 5.39. The predicted molar refractivity (Wildman–Crippen MR) is 92.2 cm³/mol. The van der Waals surface area contributed by atoms with Crippen LogP contribution in [0, 0.1) is 17.0 Å². The minimum atomic E-state index is -0.740. The monoisotopic (exact) mass is 359 g/mol. The molecule has 2 rings (SSSR count). The Bertz CT molecular complexity index is 900. The summed E-state index contributed by atoms with van der Waals surface area (Å²) in [6.07, 6.45) is 1.50. The van der Waals surface area contributed by atoms with E-state index in [1.54, 1.807) is 14.0 Å². The van der Waals surface area contributed by atoms with E-state index in [2.05, 4.69) is 5.32 Å². The first-order valence-corrected chi connectivity index (χ1v) is 7.58. The normalized spacial score (nSPS) is 10.3. The maximum absolute atomic E-state index is 12.0. The number of nitrogens with zero attached hydrogens (tertiary/aromatic N) is 2. The second-order valence-electron chi connectivity index (χ2n) is 5.66. The van der Waals surface area contributed by atoms with Gasteiger partial charge in [0.25, 0.3) is 11.6 Å². The van der Waals surface area contributed by atoms with E-state index in [1.165, 1.54) is 42.0 Å². The number of nitrogens with one attached hydrogen (secondary N) is 1. The summed E-state index contributed by atoms with van der Waals surface area (Å²) in [6.45, 7) is 2.46. The zero-order chi connectivity index (χ0) is 19.4. The van der Waals surface area contributed by atoms with Crippen molar-refractivity contribution in [3.8, 4) is 0 Å². The molecule has 9 nitrogen and oxygen atoms in total. The lowest BCUT2D eigenvalue weighted by molar-refractivity contribution is -0.384. The molecule has 0 saturated heterocycles. The molecule has 0 unspecified atom stereocenters. The number of carbonyl (C=O) groups is 3. The number of ketones is 1. The highest BCUT2D eigenvalue weighted by molar-refractivity contribution is 5.99. The van der Waals surface area contributed by atoms with Gasteiger partial charge < -0.3 is 14.6 Å². The Hall–Kier alpha value is -3.49. The van der Waals surface area contributed by atoms with Crippen LogP contribution >= 0.6 is 0 Å². The van der Waals surface area contributed by atoms with Crippen molar-refractivity contribution in [2.24, 2.45) is 7.05 Å². The van der Waals surface area contributed by atoms with Crippen LogP contribution in [0.2, 0.25) is 0 Å². The largest absolute Gasteiger partial charge is 0.451 e. The number of hydrogen-bond donors (Lipinski definition) is 1. The summed E-state index contributed by atoms with van der Waals surface area (Å²) in [7, 11) is 1.59. The number of aryl methyl sites for hydroxylation is 2. The van der Waals surface area contributed by atoms with Gasteiger partial charge in [0.1, 0.15) is 5.69 Å². The van der Waals surface area contributed by atoms with E-state index >= 15 is 0 Å². The number of benzene rings is 1. The molecule has 0 aliphatic heterocycles. The number of rotatable bonds is 6. The number of nitro groups is 1. The van der Waals surface area contributed by atoms with Crippen molar-refractivity contribution >= 4 is 29.0 Å². The third kappa shape index (κ3) is 4.32.